The molecule has 1 unspecified atom stereocenters. The molecule has 21 heavy (non-hydrogen) atoms. The monoisotopic (exact) mass is 296 g/mol. The zero-order valence-corrected chi connectivity index (χ0v) is 11.2. The van der Waals surface area contributed by atoms with E-state index in [0.29, 0.717) is 11.4 Å². The summed E-state index contributed by atoms with van der Waals surface area (Å²) in [5.41, 5.74) is -0.0900. The first-order chi connectivity index (χ1) is 10.0. The summed E-state index contributed by atoms with van der Waals surface area (Å²) in [7, 11) is 0. The van der Waals surface area contributed by atoms with Gasteiger partial charge in [-0.2, -0.15) is 18.3 Å². The molecular weight excluding hydrogens is 281 g/mol. The second kappa shape index (κ2) is 5.48. The van der Waals surface area contributed by atoms with E-state index < -0.39 is 11.7 Å². The van der Waals surface area contributed by atoms with Crippen LogP contribution in [-0.4, -0.2) is 28.3 Å². The van der Waals surface area contributed by atoms with Crippen LogP contribution in [-0.2, 0) is 6.18 Å². The molecule has 0 aliphatic carbocycles. The van der Waals surface area contributed by atoms with Gasteiger partial charge in [0.25, 0.3) is 0 Å². The molecule has 0 radical (unpaired) electrons. The Labute approximate surface area is 119 Å². The molecule has 3 rings (SSSR count). The molecule has 0 amide bonds. The average Bonchev–Trinajstić information content (AvgIpc) is 2.97. The van der Waals surface area contributed by atoms with E-state index in [1.54, 1.807) is 0 Å². The highest BCUT2D eigenvalue weighted by Gasteiger charge is 2.30. The molecule has 0 saturated carbocycles. The Morgan fingerprint density at radius 3 is 2.52 bits per heavy atom. The minimum Gasteiger partial charge on any atom is -0.316 e. The van der Waals surface area contributed by atoms with Gasteiger partial charge in [0.2, 0.25) is 0 Å². The smallest absolute Gasteiger partial charge is 0.316 e. The average molecular weight is 296 g/mol. The normalized spacial score (nSPS) is 19.7. The fourth-order valence-corrected chi connectivity index (χ4v) is 2.48. The summed E-state index contributed by atoms with van der Waals surface area (Å²) in [4.78, 5) is 4.41. The van der Waals surface area contributed by atoms with Crippen LogP contribution in [0.1, 0.15) is 30.1 Å². The molecular formula is C14H15F3N4. The van der Waals surface area contributed by atoms with E-state index in [2.05, 4.69) is 20.5 Å². The number of rotatable bonds is 2. The third-order valence-corrected chi connectivity index (χ3v) is 3.66. The molecule has 0 bridgehead atoms. The van der Waals surface area contributed by atoms with Gasteiger partial charge in [0.1, 0.15) is 5.82 Å². The van der Waals surface area contributed by atoms with Crippen molar-refractivity contribution in [2.75, 3.05) is 13.1 Å². The lowest BCUT2D eigenvalue weighted by Crippen LogP contribution is -2.28. The highest BCUT2D eigenvalue weighted by atomic mass is 19.4. The molecule has 1 aliphatic heterocycles. The number of aromatic nitrogens is 3. The largest absolute Gasteiger partial charge is 0.416 e. The fraction of sp³-hybridized carbons (Fsp3) is 0.429. The number of hydrogen-bond acceptors (Lipinski definition) is 3. The van der Waals surface area contributed by atoms with Crippen molar-refractivity contribution < 1.29 is 13.2 Å². The highest BCUT2D eigenvalue weighted by Crippen LogP contribution is 2.30. The molecule has 2 heterocycles. The van der Waals surface area contributed by atoms with E-state index in [9.17, 15) is 13.2 Å². The molecule has 1 aliphatic rings. The predicted octanol–water partition coefficient (Wildman–Crippen LogP) is 2.96. The molecule has 1 aromatic heterocycles. The van der Waals surface area contributed by atoms with E-state index in [1.807, 2.05) is 0 Å². The van der Waals surface area contributed by atoms with Gasteiger partial charge in [-0.15, -0.1) is 0 Å². The summed E-state index contributed by atoms with van der Waals surface area (Å²) in [5, 5.41) is 10.3. The number of nitrogens with zero attached hydrogens (tertiary/aromatic N) is 2. The van der Waals surface area contributed by atoms with Crippen LogP contribution in [0.15, 0.2) is 24.3 Å². The van der Waals surface area contributed by atoms with E-state index in [-0.39, 0.29) is 5.92 Å². The van der Waals surface area contributed by atoms with Crippen molar-refractivity contribution in [2.45, 2.75) is 24.9 Å². The first-order valence-corrected chi connectivity index (χ1v) is 6.85. The van der Waals surface area contributed by atoms with Crippen molar-refractivity contribution >= 4 is 0 Å². The maximum atomic E-state index is 12.5. The third kappa shape index (κ3) is 3.07. The number of halogens is 3. The maximum Gasteiger partial charge on any atom is 0.416 e. The number of nitrogens with one attached hydrogen (secondary N) is 2. The summed E-state index contributed by atoms with van der Waals surface area (Å²) in [6, 6.07) is 4.89. The van der Waals surface area contributed by atoms with Gasteiger partial charge in [-0.3, -0.25) is 5.10 Å². The lowest BCUT2D eigenvalue weighted by molar-refractivity contribution is -0.137. The lowest BCUT2D eigenvalue weighted by atomic mass is 9.99. The molecule has 1 saturated heterocycles. The number of alkyl halides is 3. The number of benzene rings is 1. The minimum absolute atomic E-state index is 0.287. The van der Waals surface area contributed by atoms with E-state index >= 15 is 0 Å². The van der Waals surface area contributed by atoms with Gasteiger partial charge in [-0.05, 0) is 31.5 Å². The first-order valence-electron chi connectivity index (χ1n) is 6.85. The summed E-state index contributed by atoms with van der Waals surface area (Å²) >= 11 is 0. The van der Waals surface area contributed by atoms with Crippen molar-refractivity contribution in [1.29, 1.82) is 0 Å². The Morgan fingerprint density at radius 2 is 1.90 bits per heavy atom. The summed E-state index contributed by atoms with van der Waals surface area (Å²) in [5.74, 6) is 1.51. The van der Waals surface area contributed by atoms with Gasteiger partial charge in [-0.1, -0.05) is 12.1 Å². The zero-order chi connectivity index (χ0) is 14.9. The minimum atomic E-state index is -4.32. The van der Waals surface area contributed by atoms with E-state index in [1.165, 1.54) is 12.1 Å². The summed E-state index contributed by atoms with van der Waals surface area (Å²) in [6.07, 6.45) is -2.20. The Bertz CT molecular complexity index is 597. The quantitative estimate of drug-likeness (QED) is 0.896. The molecule has 1 atom stereocenters. The number of piperidine rings is 1. The molecule has 112 valence electrons. The second-order valence-corrected chi connectivity index (χ2v) is 5.16. The molecule has 0 spiro atoms. The standard InChI is InChI=1S/C14H15F3N4/c15-14(16,17)11-5-3-9(4-6-11)12-19-13(21-20-12)10-2-1-7-18-8-10/h3-6,10,18H,1-2,7-8H2,(H,19,20,21). The van der Waals surface area contributed by atoms with Gasteiger partial charge in [0.05, 0.1) is 5.56 Å². The Kier molecular flexibility index (Phi) is 3.67. The van der Waals surface area contributed by atoms with Gasteiger partial charge in [0, 0.05) is 18.0 Å². The van der Waals surface area contributed by atoms with E-state index in [4.69, 9.17) is 0 Å². The molecule has 7 heteroatoms. The molecule has 2 aromatic rings. The van der Waals surface area contributed by atoms with Crippen molar-refractivity contribution in [3.05, 3.63) is 35.7 Å². The second-order valence-electron chi connectivity index (χ2n) is 5.16. The third-order valence-electron chi connectivity index (χ3n) is 3.66. The van der Waals surface area contributed by atoms with Crippen LogP contribution < -0.4 is 5.32 Å². The van der Waals surface area contributed by atoms with Crippen molar-refractivity contribution in [3.63, 3.8) is 0 Å². The van der Waals surface area contributed by atoms with Crippen LogP contribution >= 0.6 is 0 Å². The SMILES string of the molecule is FC(F)(F)c1ccc(-c2n[nH]c(C3CCCNC3)n2)cc1. The maximum absolute atomic E-state index is 12.5. The summed E-state index contributed by atoms with van der Waals surface area (Å²) < 4.78 is 37.6. The predicted molar refractivity (Wildman–Crippen MR) is 71.7 cm³/mol. The van der Waals surface area contributed by atoms with Crippen LogP contribution in [0.2, 0.25) is 0 Å². The van der Waals surface area contributed by atoms with Gasteiger partial charge >= 0.3 is 6.18 Å². The van der Waals surface area contributed by atoms with Crippen molar-refractivity contribution in [2.24, 2.45) is 0 Å². The van der Waals surface area contributed by atoms with E-state index in [0.717, 1.165) is 43.9 Å². The van der Waals surface area contributed by atoms with Gasteiger partial charge in [-0.25, -0.2) is 4.98 Å². The Hall–Kier alpha value is -1.89. The fourth-order valence-electron chi connectivity index (χ4n) is 2.48. The zero-order valence-electron chi connectivity index (χ0n) is 11.2. The number of aromatic amines is 1. The first kappa shape index (κ1) is 14.1. The molecule has 1 aromatic carbocycles. The summed E-state index contributed by atoms with van der Waals surface area (Å²) in [6.45, 7) is 1.86. The lowest BCUT2D eigenvalue weighted by Gasteiger charge is -2.20. The number of hydrogen-bond donors (Lipinski definition) is 2. The topological polar surface area (TPSA) is 53.6 Å². The highest BCUT2D eigenvalue weighted by molar-refractivity contribution is 5.55. The number of H-pyrrole nitrogens is 1. The van der Waals surface area contributed by atoms with Crippen LogP contribution in [0.3, 0.4) is 0 Å². The van der Waals surface area contributed by atoms with Crippen molar-refractivity contribution in [3.8, 4) is 11.4 Å². The Balaban J connectivity index is 1.79. The van der Waals surface area contributed by atoms with Gasteiger partial charge < -0.3 is 5.32 Å². The van der Waals surface area contributed by atoms with Crippen LogP contribution in [0.5, 0.6) is 0 Å². The Morgan fingerprint density at radius 1 is 1.14 bits per heavy atom. The van der Waals surface area contributed by atoms with Crippen LogP contribution in [0.4, 0.5) is 13.2 Å². The van der Waals surface area contributed by atoms with Crippen LogP contribution in [0, 0.1) is 0 Å². The van der Waals surface area contributed by atoms with Gasteiger partial charge in [0.15, 0.2) is 5.82 Å². The molecule has 4 nitrogen and oxygen atoms in total. The van der Waals surface area contributed by atoms with Crippen molar-refractivity contribution in [1.82, 2.24) is 20.5 Å². The van der Waals surface area contributed by atoms with Crippen LogP contribution in [0.25, 0.3) is 11.4 Å². The molecule has 2 N–H and O–H groups in total. The molecule has 1 fully saturated rings.